The van der Waals surface area contributed by atoms with Crippen LogP contribution in [0, 0.1) is 5.82 Å². The van der Waals surface area contributed by atoms with Crippen LogP contribution in [0.15, 0.2) is 71.6 Å². The number of nitrogens with one attached hydrogen (secondary N) is 1. The fourth-order valence-electron chi connectivity index (χ4n) is 2.58. The zero-order valence-corrected chi connectivity index (χ0v) is 16.9. The van der Waals surface area contributed by atoms with Crippen LogP contribution < -0.4 is 9.46 Å². The molecule has 3 aromatic rings. The van der Waals surface area contributed by atoms with Crippen LogP contribution in [0.2, 0.25) is 5.02 Å². The summed E-state index contributed by atoms with van der Waals surface area (Å²) >= 11 is 5.76. The molecule has 0 bridgehead atoms. The van der Waals surface area contributed by atoms with E-state index in [1.807, 2.05) is 0 Å². The van der Waals surface area contributed by atoms with Gasteiger partial charge in [-0.1, -0.05) is 29.8 Å². The Balaban J connectivity index is 1.96. The first-order valence-electron chi connectivity index (χ1n) is 8.44. The molecule has 3 aromatic carbocycles. The van der Waals surface area contributed by atoms with Crippen LogP contribution in [0.3, 0.4) is 0 Å². The molecule has 0 aromatic heterocycles. The predicted octanol–water partition coefficient (Wildman–Crippen LogP) is 5.41. The maximum atomic E-state index is 14.3. The van der Waals surface area contributed by atoms with Gasteiger partial charge in [-0.15, -0.1) is 0 Å². The number of ether oxygens (including phenoxy) is 1. The lowest BCUT2D eigenvalue weighted by Gasteiger charge is -2.15. The van der Waals surface area contributed by atoms with Gasteiger partial charge in [0, 0.05) is 5.02 Å². The molecule has 0 aliphatic rings. The van der Waals surface area contributed by atoms with Crippen molar-refractivity contribution in [3.63, 3.8) is 0 Å². The van der Waals surface area contributed by atoms with Gasteiger partial charge in [0.05, 0.1) is 16.0 Å². The third-order valence-corrected chi connectivity index (χ3v) is 5.60. The van der Waals surface area contributed by atoms with E-state index in [0.717, 1.165) is 30.3 Å². The highest BCUT2D eigenvalue weighted by Crippen LogP contribution is 2.34. The van der Waals surface area contributed by atoms with E-state index in [1.54, 1.807) is 0 Å². The molecule has 0 saturated carbocycles. The Kier molecular flexibility index (Phi) is 6.23. The number of para-hydroxylation sites is 1. The molecule has 0 unspecified atom stereocenters. The van der Waals surface area contributed by atoms with Crippen molar-refractivity contribution < 1.29 is 35.5 Å². The first kappa shape index (κ1) is 22.6. The van der Waals surface area contributed by atoms with E-state index in [-0.39, 0.29) is 5.75 Å². The van der Waals surface area contributed by atoms with Crippen LogP contribution in [-0.2, 0) is 16.2 Å². The largest absolute Gasteiger partial charge is 0.453 e. The zero-order chi connectivity index (χ0) is 22.8. The second-order valence-electron chi connectivity index (χ2n) is 6.10. The van der Waals surface area contributed by atoms with Gasteiger partial charge in [-0.05, 0) is 48.5 Å². The van der Waals surface area contributed by atoms with Crippen molar-refractivity contribution in [2.75, 3.05) is 0 Å². The zero-order valence-electron chi connectivity index (χ0n) is 15.3. The van der Waals surface area contributed by atoms with Gasteiger partial charge in [0.2, 0.25) is 0 Å². The topological polar surface area (TPSA) is 72.5 Å². The molecule has 0 aliphatic carbocycles. The molecule has 0 saturated heterocycles. The normalized spacial score (nSPS) is 11.8. The molecule has 1 amide bonds. The van der Waals surface area contributed by atoms with E-state index in [2.05, 4.69) is 0 Å². The Morgan fingerprint density at radius 3 is 2.23 bits per heavy atom. The number of hydrogen-bond donors (Lipinski definition) is 1. The Morgan fingerprint density at radius 2 is 1.58 bits per heavy atom. The molecule has 31 heavy (non-hydrogen) atoms. The molecule has 11 heteroatoms. The molecular weight excluding hydrogens is 462 g/mol. The minimum Gasteiger partial charge on any atom is -0.453 e. The Hall–Kier alpha value is -3.11. The van der Waals surface area contributed by atoms with Crippen molar-refractivity contribution >= 4 is 27.5 Å². The average molecular weight is 474 g/mol. The second-order valence-corrected chi connectivity index (χ2v) is 8.19. The van der Waals surface area contributed by atoms with Crippen molar-refractivity contribution in [1.29, 1.82) is 0 Å². The summed E-state index contributed by atoms with van der Waals surface area (Å²) in [6.07, 6.45) is -4.98. The number of carbonyl (C=O) groups excluding carboxylic acids is 1. The summed E-state index contributed by atoms with van der Waals surface area (Å²) in [6.45, 7) is 0. The predicted molar refractivity (Wildman–Crippen MR) is 104 cm³/mol. The molecule has 0 heterocycles. The quantitative estimate of drug-likeness (QED) is 0.503. The monoisotopic (exact) mass is 473 g/mol. The van der Waals surface area contributed by atoms with Gasteiger partial charge < -0.3 is 4.74 Å². The standard InChI is InChI=1S/C20H12ClF4NO4S/c21-12-8-10-13(11-9-12)30-18-14(4-3-6-16(18)22)19(27)26-31(28,29)17-7-2-1-5-15(17)20(23,24)25/h1-11H,(H,26,27). The molecule has 0 aliphatic heterocycles. The first-order valence-corrected chi connectivity index (χ1v) is 10.3. The summed E-state index contributed by atoms with van der Waals surface area (Å²) in [6, 6.07) is 12.1. The number of amides is 1. The lowest BCUT2D eigenvalue weighted by Crippen LogP contribution is -2.32. The van der Waals surface area contributed by atoms with Gasteiger partial charge >= 0.3 is 6.18 Å². The van der Waals surface area contributed by atoms with E-state index in [1.165, 1.54) is 29.0 Å². The lowest BCUT2D eigenvalue weighted by atomic mass is 10.2. The minimum atomic E-state index is -4.98. The van der Waals surface area contributed by atoms with Crippen molar-refractivity contribution in [2.24, 2.45) is 0 Å². The van der Waals surface area contributed by atoms with Crippen LogP contribution in [0.1, 0.15) is 15.9 Å². The minimum absolute atomic E-state index is 0.0915. The van der Waals surface area contributed by atoms with E-state index in [9.17, 15) is 30.8 Å². The molecule has 3 rings (SSSR count). The number of rotatable bonds is 5. The summed E-state index contributed by atoms with van der Waals surface area (Å²) in [5.74, 6) is -2.88. The van der Waals surface area contributed by atoms with Crippen molar-refractivity contribution in [1.82, 2.24) is 4.72 Å². The van der Waals surface area contributed by atoms with Gasteiger partial charge in [-0.2, -0.15) is 13.2 Å². The number of hydrogen-bond acceptors (Lipinski definition) is 4. The fraction of sp³-hybridized carbons (Fsp3) is 0.0500. The van der Waals surface area contributed by atoms with E-state index in [0.29, 0.717) is 17.2 Å². The maximum absolute atomic E-state index is 14.3. The number of benzene rings is 3. The Labute approximate surface area is 179 Å². The van der Waals surface area contributed by atoms with E-state index >= 15 is 0 Å². The summed E-state index contributed by atoms with van der Waals surface area (Å²) in [4.78, 5) is 11.4. The van der Waals surface area contributed by atoms with Crippen LogP contribution in [-0.4, -0.2) is 14.3 Å². The smallest absolute Gasteiger partial charge is 0.417 e. The van der Waals surface area contributed by atoms with Crippen molar-refractivity contribution in [3.8, 4) is 11.5 Å². The van der Waals surface area contributed by atoms with Crippen LogP contribution in [0.5, 0.6) is 11.5 Å². The molecule has 1 N–H and O–H groups in total. The Morgan fingerprint density at radius 1 is 0.935 bits per heavy atom. The maximum Gasteiger partial charge on any atom is 0.417 e. The number of sulfonamides is 1. The highest BCUT2D eigenvalue weighted by Gasteiger charge is 2.37. The van der Waals surface area contributed by atoms with Gasteiger partial charge in [0.15, 0.2) is 11.6 Å². The first-order chi connectivity index (χ1) is 14.5. The molecule has 0 radical (unpaired) electrons. The van der Waals surface area contributed by atoms with E-state index < -0.39 is 49.7 Å². The van der Waals surface area contributed by atoms with E-state index in [4.69, 9.17) is 16.3 Å². The van der Waals surface area contributed by atoms with Crippen molar-refractivity contribution in [3.05, 3.63) is 88.7 Å². The molecule has 0 fully saturated rings. The average Bonchev–Trinajstić information content (AvgIpc) is 2.70. The summed E-state index contributed by atoms with van der Waals surface area (Å²) < 4.78 is 85.7. The van der Waals surface area contributed by atoms with Gasteiger partial charge in [-0.3, -0.25) is 4.79 Å². The second kappa shape index (κ2) is 8.56. The molecular formula is C20H12ClF4NO4S. The number of carbonyl (C=O) groups is 1. The molecule has 0 atom stereocenters. The highest BCUT2D eigenvalue weighted by atomic mass is 35.5. The summed E-state index contributed by atoms with van der Waals surface area (Å²) in [5, 5.41) is 0.369. The number of alkyl halides is 3. The third-order valence-electron chi connectivity index (χ3n) is 3.95. The molecule has 162 valence electrons. The summed E-state index contributed by atoms with van der Waals surface area (Å²) in [7, 11) is -4.94. The van der Waals surface area contributed by atoms with Crippen LogP contribution >= 0.6 is 11.6 Å². The summed E-state index contributed by atoms with van der Waals surface area (Å²) in [5.41, 5.74) is -1.99. The van der Waals surface area contributed by atoms with Gasteiger partial charge in [0.25, 0.3) is 15.9 Å². The molecule has 5 nitrogen and oxygen atoms in total. The van der Waals surface area contributed by atoms with Gasteiger partial charge in [-0.25, -0.2) is 17.5 Å². The number of halogens is 5. The van der Waals surface area contributed by atoms with Crippen LogP contribution in [0.25, 0.3) is 0 Å². The van der Waals surface area contributed by atoms with Gasteiger partial charge in [0.1, 0.15) is 5.75 Å². The highest BCUT2D eigenvalue weighted by molar-refractivity contribution is 7.90. The lowest BCUT2D eigenvalue weighted by molar-refractivity contribution is -0.139. The Bertz CT molecular complexity index is 1230. The van der Waals surface area contributed by atoms with Crippen LogP contribution in [0.4, 0.5) is 17.6 Å². The SMILES string of the molecule is O=C(NS(=O)(=O)c1ccccc1C(F)(F)F)c1cccc(F)c1Oc1ccc(Cl)cc1. The van der Waals surface area contributed by atoms with Crippen molar-refractivity contribution in [2.45, 2.75) is 11.1 Å². The fourth-order valence-corrected chi connectivity index (χ4v) is 3.90. The molecule has 0 spiro atoms. The third kappa shape index (κ3) is 5.15.